The van der Waals surface area contributed by atoms with Gasteiger partial charge >= 0.3 is 0 Å². The van der Waals surface area contributed by atoms with Crippen LogP contribution in [0.25, 0.3) is 0 Å². The molecule has 0 saturated heterocycles. The fourth-order valence-electron chi connectivity index (χ4n) is 1.80. The molecule has 0 radical (unpaired) electrons. The molecule has 2 nitrogen and oxygen atoms in total. The van der Waals surface area contributed by atoms with Gasteiger partial charge in [0, 0.05) is 22.8 Å². The lowest BCUT2D eigenvalue weighted by Crippen LogP contribution is -2.00. The highest BCUT2D eigenvalue weighted by atomic mass is 79.9. The summed E-state index contributed by atoms with van der Waals surface area (Å²) in [5.41, 5.74) is 3.07. The fraction of sp³-hybridized carbons (Fsp3) is 0.200. The number of nitrogens with one attached hydrogen (secondary N) is 1. The van der Waals surface area contributed by atoms with Crippen molar-refractivity contribution in [1.82, 2.24) is 0 Å². The summed E-state index contributed by atoms with van der Waals surface area (Å²) in [5.74, 6) is -0.107. The van der Waals surface area contributed by atoms with Crippen LogP contribution >= 0.6 is 15.9 Å². The second-order valence-corrected chi connectivity index (χ2v) is 5.14. The molecule has 2 rings (SSSR count). The molecule has 0 aromatic heterocycles. The minimum Gasteiger partial charge on any atom is -0.494 e. The van der Waals surface area contributed by atoms with E-state index in [0.717, 1.165) is 15.7 Å². The van der Waals surface area contributed by atoms with Crippen molar-refractivity contribution in [2.75, 3.05) is 12.4 Å². The lowest BCUT2D eigenvalue weighted by atomic mass is 10.1. The van der Waals surface area contributed by atoms with Crippen LogP contribution in [0.2, 0.25) is 0 Å². The highest BCUT2D eigenvalue weighted by molar-refractivity contribution is 9.10. The number of hydrogen-bond acceptors (Lipinski definition) is 2. The number of aryl methyl sites for hydroxylation is 1. The quantitative estimate of drug-likeness (QED) is 0.893. The average molecular weight is 324 g/mol. The van der Waals surface area contributed by atoms with Gasteiger partial charge in [0.25, 0.3) is 0 Å². The van der Waals surface area contributed by atoms with Gasteiger partial charge in [0.15, 0.2) is 11.6 Å². The molecular weight excluding hydrogens is 309 g/mol. The Labute approximate surface area is 120 Å². The summed E-state index contributed by atoms with van der Waals surface area (Å²) >= 11 is 3.47. The molecule has 0 heterocycles. The summed E-state index contributed by atoms with van der Waals surface area (Å²) in [6.07, 6.45) is 0. The third kappa shape index (κ3) is 3.47. The van der Waals surface area contributed by atoms with Gasteiger partial charge in [-0.15, -0.1) is 0 Å². The van der Waals surface area contributed by atoms with Crippen molar-refractivity contribution in [1.29, 1.82) is 0 Å². The van der Waals surface area contributed by atoms with Crippen molar-refractivity contribution in [3.05, 3.63) is 57.8 Å². The number of benzene rings is 2. The molecule has 0 saturated carbocycles. The van der Waals surface area contributed by atoms with E-state index in [-0.39, 0.29) is 11.6 Å². The summed E-state index contributed by atoms with van der Waals surface area (Å²) in [7, 11) is 1.45. The first kappa shape index (κ1) is 13.9. The van der Waals surface area contributed by atoms with Crippen LogP contribution in [0.5, 0.6) is 5.75 Å². The molecule has 100 valence electrons. The van der Waals surface area contributed by atoms with Crippen molar-refractivity contribution < 1.29 is 9.13 Å². The molecule has 2 aromatic carbocycles. The minimum absolute atomic E-state index is 0.255. The summed E-state index contributed by atoms with van der Waals surface area (Å²) in [4.78, 5) is 0. The van der Waals surface area contributed by atoms with Gasteiger partial charge in [-0.3, -0.25) is 0 Å². The van der Waals surface area contributed by atoms with Gasteiger partial charge in [-0.05, 0) is 36.2 Å². The topological polar surface area (TPSA) is 21.3 Å². The van der Waals surface area contributed by atoms with Crippen LogP contribution in [0.4, 0.5) is 10.1 Å². The van der Waals surface area contributed by atoms with Gasteiger partial charge in [0.2, 0.25) is 0 Å². The Hall–Kier alpha value is -1.55. The zero-order chi connectivity index (χ0) is 13.8. The molecule has 4 heteroatoms. The smallest absolute Gasteiger partial charge is 0.167 e. The van der Waals surface area contributed by atoms with Gasteiger partial charge in [0.1, 0.15) is 0 Å². The fourth-order valence-corrected chi connectivity index (χ4v) is 2.04. The third-order valence-electron chi connectivity index (χ3n) is 2.87. The second-order valence-electron chi connectivity index (χ2n) is 4.29. The van der Waals surface area contributed by atoms with Crippen molar-refractivity contribution in [3.8, 4) is 5.75 Å². The predicted octanol–water partition coefficient (Wildman–Crippen LogP) is 4.52. The second kappa shape index (κ2) is 6.06. The van der Waals surface area contributed by atoms with Gasteiger partial charge in [-0.1, -0.05) is 28.1 Å². The summed E-state index contributed by atoms with van der Waals surface area (Å²) in [5, 5.41) is 3.19. The van der Waals surface area contributed by atoms with Gasteiger partial charge < -0.3 is 10.1 Å². The molecule has 0 aliphatic carbocycles. The first-order chi connectivity index (χ1) is 9.10. The van der Waals surface area contributed by atoms with E-state index in [9.17, 15) is 4.39 Å². The maximum atomic E-state index is 13.5. The molecule has 0 bridgehead atoms. The lowest BCUT2D eigenvalue weighted by molar-refractivity contribution is 0.386. The first-order valence-electron chi connectivity index (χ1n) is 5.92. The van der Waals surface area contributed by atoms with Crippen LogP contribution in [0.1, 0.15) is 11.1 Å². The highest BCUT2D eigenvalue weighted by Crippen LogP contribution is 2.22. The summed E-state index contributed by atoms with van der Waals surface area (Å²) in [6, 6.07) is 11.0. The molecule has 0 atom stereocenters. The Morgan fingerprint density at radius 1 is 1.21 bits per heavy atom. The molecule has 0 spiro atoms. The molecule has 0 amide bonds. The van der Waals surface area contributed by atoms with Crippen LogP contribution in [-0.2, 0) is 6.54 Å². The number of methoxy groups -OCH3 is 1. The Morgan fingerprint density at radius 3 is 2.63 bits per heavy atom. The van der Waals surface area contributed by atoms with E-state index in [0.29, 0.717) is 6.54 Å². The number of halogens is 2. The monoisotopic (exact) mass is 323 g/mol. The standard InChI is InChI=1S/C15H15BrFNO/c1-10-7-11(3-5-13(10)16)9-18-12-4-6-15(19-2)14(17)8-12/h3-8,18H,9H2,1-2H3. The number of ether oxygens (including phenoxy) is 1. The first-order valence-corrected chi connectivity index (χ1v) is 6.72. The Balaban J connectivity index is 2.05. The molecule has 0 unspecified atom stereocenters. The Morgan fingerprint density at radius 2 is 2.00 bits per heavy atom. The summed E-state index contributed by atoms with van der Waals surface area (Å²) < 4.78 is 19.5. The van der Waals surface area contributed by atoms with Crippen LogP contribution in [0, 0.1) is 12.7 Å². The molecule has 2 aromatic rings. The van der Waals surface area contributed by atoms with E-state index in [4.69, 9.17) is 4.74 Å². The van der Waals surface area contributed by atoms with E-state index in [1.54, 1.807) is 12.1 Å². The molecular formula is C15H15BrFNO. The maximum Gasteiger partial charge on any atom is 0.167 e. The number of hydrogen-bond donors (Lipinski definition) is 1. The third-order valence-corrected chi connectivity index (χ3v) is 3.76. The largest absolute Gasteiger partial charge is 0.494 e. The zero-order valence-corrected chi connectivity index (χ0v) is 12.4. The van der Waals surface area contributed by atoms with Crippen LogP contribution in [0.15, 0.2) is 40.9 Å². The van der Waals surface area contributed by atoms with Crippen molar-refractivity contribution in [3.63, 3.8) is 0 Å². The number of rotatable bonds is 4. The average Bonchev–Trinajstić information content (AvgIpc) is 2.40. The Bertz CT molecular complexity index is 586. The van der Waals surface area contributed by atoms with E-state index in [1.165, 1.54) is 18.7 Å². The SMILES string of the molecule is COc1ccc(NCc2ccc(Br)c(C)c2)cc1F. The predicted molar refractivity (Wildman–Crippen MR) is 79.2 cm³/mol. The highest BCUT2D eigenvalue weighted by Gasteiger charge is 2.03. The Kier molecular flexibility index (Phi) is 4.43. The van der Waals surface area contributed by atoms with Crippen molar-refractivity contribution in [2.24, 2.45) is 0 Å². The maximum absolute atomic E-state index is 13.5. The van der Waals surface area contributed by atoms with Crippen LogP contribution in [-0.4, -0.2) is 7.11 Å². The van der Waals surface area contributed by atoms with E-state index < -0.39 is 0 Å². The van der Waals surface area contributed by atoms with Gasteiger partial charge in [-0.2, -0.15) is 0 Å². The van der Waals surface area contributed by atoms with Gasteiger partial charge in [-0.25, -0.2) is 4.39 Å². The molecule has 0 aliphatic heterocycles. The van der Waals surface area contributed by atoms with Crippen molar-refractivity contribution >= 4 is 21.6 Å². The summed E-state index contributed by atoms with van der Waals surface area (Å²) in [6.45, 7) is 2.69. The van der Waals surface area contributed by atoms with E-state index in [1.807, 2.05) is 19.1 Å². The van der Waals surface area contributed by atoms with E-state index >= 15 is 0 Å². The van der Waals surface area contributed by atoms with Gasteiger partial charge in [0.05, 0.1) is 7.11 Å². The normalized spacial score (nSPS) is 10.3. The minimum atomic E-state index is -0.362. The lowest BCUT2D eigenvalue weighted by Gasteiger charge is -2.09. The number of anilines is 1. The van der Waals surface area contributed by atoms with Crippen molar-refractivity contribution in [2.45, 2.75) is 13.5 Å². The molecule has 0 fully saturated rings. The molecule has 0 aliphatic rings. The van der Waals surface area contributed by atoms with Crippen LogP contribution in [0.3, 0.4) is 0 Å². The molecule has 19 heavy (non-hydrogen) atoms. The zero-order valence-electron chi connectivity index (χ0n) is 10.8. The molecule has 1 N–H and O–H groups in total. The van der Waals surface area contributed by atoms with Crippen LogP contribution < -0.4 is 10.1 Å². The van der Waals surface area contributed by atoms with E-state index in [2.05, 4.69) is 27.3 Å².